The number of cyclic esters (lactones) is 3. The van der Waals surface area contributed by atoms with Crippen molar-refractivity contribution in [2.24, 2.45) is 16.2 Å². The smallest absolute Gasteiger partial charge is 0.492 e. The standard InChI is InChI=1S/C36H45FO8S.C35H43FO9.C35H43FO7/c1-5-7-8-9-10-11-18-40-32-17-15-28(21-30(32)37)27-14-16-31(29(20-27)13-12-19-41-34(39)26(3)4)42-22-36(23-43-33(38)6-2)24-44-35(46)45-25-36;1-6-7-8-9-10-11-16-40-31-15-13-27(18-29(31)36)26-12-14-30(28(17-26)19-41-32(37)24(2)3)42-20-35(21-43-33(38)25(4)5)22-44-34(39)45-23-35;1-4-7-8-9-10-11-12-13-26-14-15-28(21-30(26)36)27-16-17-31(29(20-27)22-40-32(37)5-2)41-23-35(24-42-33(38)6-3)19-18-34(39)43-25-35/h6,14-17,20-21H,2-3,5,7-13,18-19,22-25H2,1,4H3;12-15,17-18H,2,4,6-11,16,19-23H2,1,3,5H3;5-6,14-17,20-21H,2-4,7-13,18-19,22-25H2,1H3. The third kappa shape index (κ3) is 37.7. The van der Waals surface area contributed by atoms with E-state index in [1.54, 1.807) is 55.5 Å². The summed E-state index contributed by atoms with van der Waals surface area (Å²) in [5, 5.41) is 0.0195. The summed E-state index contributed by atoms with van der Waals surface area (Å²) in [6, 6.07) is 31.0. The van der Waals surface area contributed by atoms with Crippen LogP contribution in [-0.4, -0.2) is 146 Å². The average Bonchev–Trinajstić information content (AvgIpc) is 0.813. The molecule has 3 aliphatic rings. The topological polar surface area (TPSA) is 284 Å². The van der Waals surface area contributed by atoms with Gasteiger partial charge in [-0.1, -0.05) is 205 Å². The molecule has 726 valence electrons. The van der Waals surface area contributed by atoms with Crippen molar-refractivity contribution in [1.82, 2.24) is 0 Å². The summed E-state index contributed by atoms with van der Waals surface area (Å²) in [6.45, 7) is 33.1. The number of thiocarbonyl (C=S) groups is 1. The van der Waals surface area contributed by atoms with Crippen molar-refractivity contribution in [3.8, 4) is 62.1 Å². The van der Waals surface area contributed by atoms with Crippen molar-refractivity contribution in [2.75, 3.05) is 92.5 Å². The Balaban J connectivity index is 0.000000274. The molecule has 28 heteroatoms. The van der Waals surface area contributed by atoms with Crippen molar-refractivity contribution in [2.45, 2.75) is 209 Å². The van der Waals surface area contributed by atoms with Crippen molar-refractivity contribution >= 4 is 65.4 Å². The highest BCUT2D eigenvalue weighted by atomic mass is 32.1. The second-order valence-electron chi connectivity index (χ2n) is 34.0. The van der Waals surface area contributed by atoms with Gasteiger partial charge in [0.15, 0.2) is 23.1 Å². The Labute approximate surface area is 791 Å². The number of rotatable bonds is 56. The molecule has 0 aliphatic carbocycles. The summed E-state index contributed by atoms with van der Waals surface area (Å²) in [5.74, 6) is -3.09. The molecule has 9 rings (SSSR count). The number of carbonyl (C=O) groups is 8. The molecule has 0 saturated carbocycles. The third-order valence-electron chi connectivity index (χ3n) is 22.3. The highest BCUT2D eigenvalue weighted by Crippen LogP contribution is 2.39. The van der Waals surface area contributed by atoms with E-state index in [9.17, 15) is 42.7 Å². The highest BCUT2D eigenvalue weighted by Gasteiger charge is 2.43. The van der Waals surface area contributed by atoms with E-state index in [4.69, 9.17) is 88.0 Å². The van der Waals surface area contributed by atoms with E-state index < -0.39 is 69.9 Å². The van der Waals surface area contributed by atoms with Gasteiger partial charge in [-0.05, 0) is 177 Å². The Morgan fingerprint density at radius 3 is 1.15 bits per heavy atom. The van der Waals surface area contributed by atoms with Gasteiger partial charge in [-0.2, -0.15) is 0 Å². The van der Waals surface area contributed by atoms with E-state index in [-0.39, 0.29) is 139 Å². The van der Waals surface area contributed by atoms with Gasteiger partial charge in [0.1, 0.15) is 120 Å². The number of hydrogen-bond donors (Lipinski definition) is 0. The van der Waals surface area contributed by atoms with E-state index in [1.807, 2.05) is 42.5 Å². The van der Waals surface area contributed by atoms with Gasteiger partial charge in [0.25, 0.3) is 0 Å². The van der Waals surface area contributed by atoms with Gasteiger partial charge in [-0.15, -0.1) is 0 Å². The SMILES string of the molecule is C=C(C)C(=O)OCc1cc(-c2ccc(OCCCCCCCC)c(F)c2)ccc1OCC1(COC(=O)C(=C)C)COC(=O)OC1.C=CC(=O)OCC1(COc2ccc(-c3ccc(OCCCCCCCC)c(F)c3)cc2CCCOC(=O)C(=C)C)COC(=S)OC1.C=CC(=O)OCc1cc(-c2ccc(CCCCCCCCC)c(F)c2)ccc1OCC1(COC(=O)C=C)CCC(=O)OC1. The largest absolute Gasteiger partial charge is 0.508 e. The molecule has 0 N–H and O–H groups in total. The van der Waals surface area contributed by atoms with Crippen molar-refractivity contribution in [3.05, 3.63) is 223 Å². The zero-order valence-electron chi connectivity index (χ0n) is 78.5. The normalized spacial score (nSPS) is 14.4. The lowest BCUT2D eigenvalue weighted by molar-refractivity contribution is -0.163. The minimum atomic E-state index is -1.00. The van der Waals surface area contributed by atoms with Gasteiger partial charge in [0, 0.05) is 64.7 Å². The fourth-order valence-corrected chi connectivity index (χ4v) is 14.2. The maximum atomic E-state index is 15.1. The van der Waals surface area contributed by atoms with Gasteiger partial charge >= 0.3 is 53.2 Å². The lowest BCUT2D eigenvalue weighted by Gasteiger charge is -2.35. The van der Waals surface area contributed by atoms with Gasteiger partial charge in [-0.25, -0.2) is 46.7 Å². The summed E-state index contributed by atoms with van der Waals surface area (Å²) in [5.41, 5.74) is 4.91. The van der Waals surface area contributed by atoms with Crippen LogP contribution < -0.4 is 23.7 Å². The molecule has 0 amide bonds. The lowest BCUT2D eigenvalue weighted by Crippen LogP contribution is -2.47. The second-order valence-corrected chi connectivity index (χ2v) is 34.4. The Morgan fingerprint density at radius 2 is 0.709 bits per heavy atom. The van der Waals surface area contributed by atoms with Crippen LogP contribution in [0.1, 0.15) is 205 Å². The van der Waals surface area contributed by atoms with Gasteiger partial charge in [0.2, 0.25) is 0 Å². The Hall–Kier alpha value is -12.2. The van der Waals surface area contributed by atoms with E-state index in [0.717, 1.165) is 86.3 Å². The second kappa shape index (κ2) is 58.1. The van der Waals surface area contributed by atoms with Crippen LogP contribution in [0.25, 0.3) is 33.4 Å². The molecule has 0 bridgehead atoms. The summed E-state index contributed by atoms with van der Waals surface area (Å²) in [6.07, 6.45) is 26.4. The van der Waals surface area contributed by atoms with Crippen molar-refractivity contribution < 1.29 is 127 Å². The maximum absolute atomic E-state index is 15.1. The van der Waals surface area contributed by atoms with Crippen LogP contribution in [0.2, 0.25) is 0 Å². The number of esters is 7. The number of benzene rings is 6. The molecule has 3 saturated heterocycles. The lowest BCUT2D eigenvalue weighted by atomic mass is 9.84. The quantitative estimate of drug-likeness (QED) is 0.0113. The first-order valence-corrected chi connectivity index (χ1v) is 46.4. The molecule has 0 spiro atoms. The van der Waals surface area contributed by atoms with Crippen LogP contribution in [-0.2, 0) is 112 Å². The average molecular weight is 1880 g/mol. The molecule has 24 nitrogen and oxygen atoms in total. The van der Waals surface area contributed by atoms with Gasteiger partial charge in [-0.3, -0.25) is 4.79 Å². The van der Waals surface area contributed by atoms with Crippen LogP contribution in [0.15, 0.2) is 184 Å². The highest BCUT2D eigenvalue weighted by molar-refractivity contribution is 7.79. The van der Waals surface area contributed by atoms with Crippen LogP contribution in [0.3, 0.4) is 0 Å². The minimum Gasteiger partial charge on any atom is -0.492 e. The van der Waals surface area contributed by atoms with E-state index in [2.05, 4.69) is 60.2 Å². The summed E-state index contributed by atoms with van der Waals surface area (Å²) in [7, 11) is 0. The van der Waals surface area contributed by atoms with Crippen LogP contribution in [0.5, 0.6) is 28.7 Å². The number of halogens is 3. The van der Waals surface area contributed by atoms with Crippen LogP contribution in [0.4, 0.5) is 18.0 Å². The third-order valence-corrected chi connectivity index (χ3v) is 22.5. The van der Waals surface area contributed by atoms with Crippen LogP contribution >= 0.6 is 12.2 Å². The first kappa shape index (κ1) is 109. The molecule has 1 atom stereocenters. The van der Waals surface area contributed by atoms with E-state index >= 15 is 8.78 Å². The Morgan fingerprint density at radius 1 is 0.358 bits per heavy atom. The fraction of sp³-hybridized carbons (Fsp3) is 0.462. The molecule has 3 fully saturated rings. The van der Waals surface area contributed by atoms with Crippen molar-refractivity contribution in [1.29, 1.82) is 0 Å². The molecule has 1 unspecified atom stereocenters. The fourth-order valence-electron chi connectivity index (χ4n) is 14.1. The Bertz CT molecular complexity index is 4930. The monoisotopic (exact) mass is 1880 g/mol. The number of hydrogen-bond acceptors (Lipinski definition) is 25. The zero-order valence-corrected chi connectivity index (χ0v) is 79.3. The molecular formula is C106H131F3O24S. The predicted molar refractivity (Wildman–Crippen MR) is 508 cm³/mol. The first-order chi connectivity index (χ1) is 64.5. The van der Waals surface area contributed by atoms with Gasteiger partial charge in [0.05, 0.1) is 25.2 Å². The molecular weight excluding hydrogens is 1750 g/mol. The van der Waals surface area contributed by atoms with E-state index in [0.29, 0.717) is 101 Å². The molecule has 0 aromatic heterocycles. The van der Waals surface area contributed by atoms with E-state index in [1.165, 1.54) is 103 Å². The number of unbranched alkanes of at least 4 members (excludes halogenated alkanes) is 16. The summed E-state index contributed by atoms with van der Waals surface area (Å²) < 4.78 is 133. The zero-order chi connectivity index (χ0) is 97.3. The number of carbonyl (C=O) groups excluding carboxylic acids is 8. The summed E-state index contributed by atoms with van der Waals surface area (Å²) in [4.78, 5) is 94.7. The molecule has 134 heavy (non-hydrogen) atoms. The molecule has 6 aromatic carbocycles. The maximum Gasteiger partial charge on any atom is 0.508 e. The van der Waals surface area contributed by atoms with Crippen molar-refractivity contribution in [3.63, 3.8) is 0 Å². The molecule has 3 aliphatic heterocycles. The molecule has 0 radical (unpaired) electrons. The van der Waals surface area contributed by atoms with Crippen LogP contribution in [0, 0.1) is 33.7 Å². The number of ether oxygens (including phenoxy) is 16. The number of aryl methyl sites for hydroxylation is 2. The van der Waals surface area contributed by atoms with Gasteiger partial charge < -0.3 is 75.8 Å². The molecule has 6 aromatic rings. The first-order valence-electron chi connectivity index (χ1n) is 46.0. The molecule has 3 heterocycles. The summed E-state index contributed by atoms with van der Waals surface area (Å²) >= 11 is 5.00. The Kier molecular flexibility index (Phi) is 47.2. The minimum absolute atomic E-state index is 0.0194. The predicted octanol–water partition coefficient (Wildman–Crippen LogP) is 22.7.